The summed E-state index contributed by atoms with van der Waals surface area (Å²) in [6.07, 6.45) is 5.19. The second-order valence-electron chi connectivity index (χ2n) is 4.52. The Balaban J connectivity index is 2.09. The number of hydrogen-bond acceptors (Lipinski definition) is 1. The molecule has 1 radical (unpaired) electrons. The topological polar surface area (TPSA) is 9.23 Å². The van der Waals surface area contributed by atoms with E-state index in [1.165, 1.54) is 37.3 Å². The molecule has 0 aliphatic carbocycles. The van der Waals surface area contributed by atoms with Crippen LogP contribution >= 0.6 is 0 Å². The van der Waals surface area contributed by atoms with E-state index in [2.05, 4.69) is 37.3 Å². The highest BCUT2D eigenvalue weighted by atomic mass is 28.3. The fraction of sp³-hybridized carbons (Fsp3) is 0.571. The van der Waals surface area contributed by atoms with Crippen molar-refractivity contribution in [1.29, 1.82) is 0 Å². The molecule has 0 saturated carbocycles. The maximum absolute atomic E-state index is 6.05. The molecule has 0 N–H and O–H groups in total. The second kappa shape index (κ2) is 6.21. The molecule has 1 aromatic rings. The molecule has 1 aliphatic heterocycles. The molecule has 0 amide bonds. The molecular formula is C14H21OSi. The molecule has 1 aromatic carbocycles. The minimum Gasteiger partial charge on any atom is -0.416 e. The van der Waals surface area contributed by atoms with Gasteiger partial charge in [-0.3, -0.25) is 0 Å². The van der Waals surface area contributed by atoms with Crippen LogP contribution in [-0.4, -0.2) is 15.6 Å². The lowest BCUT2D eigenvalue weighted by molar-refractivity contribution is 0.278. The van der Waals surface area contributed by atoms with E-state index in [0.717, 1.165) is 6.61 Å². The minimum atomic E-state index is -0.601. The van der Waals surface area contributed by atoms with Crippen LogP contribution in [0.1, 0.15) is 43.7 Å². The molecule has 1 aliphatic rings. The molecule has 0 bridgehead atoms. The van der Waals surface area contributed by atoms with Crippen molar-refractivity contribution >= 4 is 9.04 Å². The van der Waals surface area contributed by atoms with E-state index in [9.17, 15) is 0 Å². The Bertz CT molecular complexity index is 293. The van der Waals surface area contributed by atoms with Crippen molar-refractivity contribution in [3.05, 3.63) is 35.9 Å². The second-order valence-corrected chi connectivity index (χ2v) is 6.94. The van der Waals surface area contributed by atoms with Crippen molar-refractivity contribution in [3.8, 4) is 0 Å². The Morgan fingerprint density at radius 3 is 2.69 bits per heavy atom. The molecule has 0 spiro atoms. The molecule has 1 fully saturated rings. The zero-order valence-electron chi connectivity index (χ0n) is 10.1. The van der Waals surface area contributed by atoms with Crippen molar-refractivity contribution in [3.63, 3.8) is 0 Å². The van der Waals surface area contributed by atoms with Crippen molar-refractivity contribution in [2.24, 2.45) is 0 Å². The Hall–Kier alpha value is -0.603. The Kier molecular flexibility index (Phi) is 4.61. The van der Waals surface area contributed by atoms with Crippen molar-refractivity contribution in [2.75, 3.05) is 6.61 Å². The van der Waals surface area contributed by atoms with Gasteiger partial charge in [0.2, 0.25) is 9.04 Å². The summed E-state index contributed by atoms with van der Waals surface area (Å²) in [6.45, 7) is 3.28. The smallest absolute Gasteiger partial charge is 0.219 e. The highest BCUT2D eigenvalue weighted by Crippen LogP contribution is 2.29. The van der Waals surface area contributed by atoms with Crippen LogP contribution < -0.4 is 0 Å². The zero-order chi connectivity index (χ0) is 11.2. The summed E-state index contributed by atoms with van der Waals surface area (Å²) in [7, 11) is -0.601. The van der Waals surface area contributed by atoms with Gasteiger partial charge in [0.25, 0.3) is 0 Å². The van der Waals surface area contributed by atoms with Gasteiger partial charge >= 0.3 is 0 Å². The fourth-order valence-corrected chi connectivity index (χ4v) is 5.31. The van der Waals surface area contributed by atoms with Gasteiger partial charge < -0.3 is 4.43 Å². The largest absolute Gasteiger partial charge is 0.416 e. The van der Waals surface area contributed by atoms with Gasteiger partial charge in [0.1, 0.15) is 0 Å². The van der Waals surface area contributed by atoms with Crippen LogP contribution in [0.15, 0.2) is 30.3 Å². The van der Waals surface area contributed by atoms with Gasteiger partial charge in [0.15, 0.2) is 0 Å². The third kappa shape index (κ3) is 2.95. The van der Waals surface area contributed by atoms with Gasteiger partial charge in [-0.15, -0.1) is 0 Å². The molecule has 1 nitrogen and oxygen atoms in total. The zero-order valence-corrected chi connectivity index (χ0v) is 11.1. The maximum Gasteiger partial charge on any atom is 0.219 e. The Morgan fingerprint density at radius 2 is 2.06 bits per heavy atom. The molecule has 1 atom stereocenters. The van der Waals surface area contributed by atoms with Gasteiger partial charge in [0.05, 0.1) is 0 Å². The first-order valence-corrected chi connectivity index (χ1v) is 8.14. The molecular weight excluding hydrogens is 212 g/mol. The molecule has 1 heterocycles. The highest BCUT2D eigenvalue weighted by molar-refractivity contribution is 6.53. The first kappa shape index (κ1) is 11.9. The lowest BCUT2D eigenvalue weighted by Gasteiger charge is -2.28. The average Bonchev–Trinajstić information content (AvgIpc) is 2.38. The molecule has 2 rings (SSSR count). The van der Waals surface area contributed by atoms with E-state index >= 15 is 0 Å². The van der Waals surface area contributed by atoms with Crippen LogP contribution in [0.3, 0.4) is 0 Å². The van der Waals surface area contributed by atoms with E-state index in [-0.39, 0.29) is 0 Å². The van der Waals surface area contributed by atoms with Gasteiger partial charge in [-0.25, -0.2) is 0 Å². The van der Waals surface area contributed by atoms with Crippen LogP contribution in [0.2, 0.25) is 6.04 Å². The summed E-state index contributed by atoms with van der Waals surface area (Å²) < 4.78 is 6.05. The summed E-state index contributed by atoms with van der Waals surface area (Å²) in [5.41, 5.74) is 2.21. The van der Waals surface area contributed by atoms with Gasteiger partial charge in [-0.1, -0.05) is 50.1 Å². The standard InChI is InChI=1S/C14H21OSi/c1-2-8-14(13-9-4-3-5-10-13)16-12-7-6-11-15-16/h3-5,9-10,14H,2,6-8,11-12H2,1H3. The van der Waals surface area contributed by atoms with E-state index in [0.29, 0.717) is 5.54 Å². The number of rotatable bonds is 4. The summed E-state index contributed by atoms with van der Waals surface area (Å²) in [5.74, 6) is 0. The Labute approximate surface area is 101 Å². The predicted octanol–water partition coefficient (Wildman–Crippen LogP) is 3.91. The molecule has 2 heteroatoms. The van der Waals surface area contributed by atoms with Gasteiger partial charge in [-0.05, 0) is 24.4 Å². The van der Waals surface area contributed by atoms with Crippen LogP contribution in [0, 0.1) is 0 Å². The quantitative estimate of drug-likeness (QED) is 0.716. The SMILES string of the molecule is CCCC(c1ccccc1)[Si]1CCCCO1. The first-order valence-electron chi connectivity index (χ1n) is 6.45. The summed E-state index contributed by atoms with van der Waals surface area (Å²) in [5, 5.41) is 0. The minimum absolute atomic E-state index is 0.601. The lowest BCUT2D eigenvalue weighted by Crippen LogP contribution is -2.31. The summed E-state index contributed by atoms with van der Waals surface area (Å²) in [6, 6.07) is 12.3. The summed E-state index contributed by atoms with van der Waals surface area (Å²) >= 11 is 0. The molecule has 16 heavy (non-hydrogen) atoms. The van der Waals surface area contributed by atoms with E-state index in [4.69, 9.17) is 4.43 Å². The summed E-state index contributed by atoms with van der Waals surface area (Å²) in [4.78, 5) is 0. The maximum atomic E-state index is 6.05. The number of benzene rings is 1. The van der Waals surface area contributed by atoms with Crippen LogP contribution in [0.5, 0.6) is 0 Å². The fourth-order valence-electron chi connectivity index (χ4n) is 2.44. The monoisotopic (exact) mass is 233 g/mol. The normalized spacial score (nSPS) is 19.6. The predicted molar refractivity (Wildman–Crippen MR) is 69.8 cm³/mol. The van der Waals surface area contributed by atoms with Crippen molar-refractivity contribution in [1.82, 2.24) is 0 Å². The van der Waals surface area contributed by atoms with Gasteiger partial charge in [0, 0.05) is 12.1 Å². The highest BCUT2D eigenvalue weighted by Gasteiger charge is 2.28. The van der Waals surface area contributed by atoms with Crippen LogP contribution in [-0.2, 0) is 4.43 Å². The lowest BCUT2D eigenvalue weighted by atomic mass is 10.1. The van der Waals surface area contributed by atoms with Crippen LogP contribution in [0.4, 0.5) is 0 Å². The Morgan fingerprint density at radius 1 is 1.25 bits per heavy atom. The van der Waals surface area contributed by atoms with Crippen molar-refractivity contribution < 1.29 is 4.43 Å². The third-order valence-corrected chi connectivity index (χ3v) is 6.09. The molecule has 1 saturated heterocycles. The third-order valence-electron chi connectivity index (χ3n) is 3.27. The van der Waals surface area contributed by atoms with Crippen molar-refractivity contribution in [2.45, 2.75) is 44.2 Å². The molecule has 87 valence electrons. The van der Waals surface area contributed by atoms with E-state index in [1.807, 2.05) is 0 Å². The first-order chi connectivity index (χ1) is 7.92. The van der Waals surface area contributed by atoms with Gasteiger partial charge in [-0.2, -0.15) is 0 Å². The average molecular weight is 233 g/mol. The van der Waals surface area contributed by atoms with Crippen LogP contribution in [0.25, 0.3) is 0 Å². The number of hydrogen-bond donors (Lipinski definition) is 0. The van der Waals surface area contributed by atoms with E-state index < -0.39 is 9.04 Å². The molecule has 0 aromatic heterocycles. The molecule has 1 unspecified atom stereocenters. The van der Waals surface area contributed by atoms with E-state index in [1.54, 1.807) is 0 Å².